The van der Waals surface area contributed by atoms with E-state index in [0.29, 0.717) is 11.3 Å². The van der Waals surface area contributed by atoms with Crippen molar-refractivity contribution in [1.82, 2.24) is 0 Å². The standard InChI is InChI=1S/C18H22F12O4.C10H14.C9H18O2.C9H20/c1-4-12(2,3)11(31)34-10-6-8(13(32,15(19,20)21)16(22,23)24)5-9(7-10)14(33,17(25,26)27)18(28,29)30;1-3-9(2)10-7-5-4-6-8-10;1-6-9(4,5)8(10)11-7(2)3;1-6-8(2)7-9(3,4)5/h8-10,32-33H,4-7H2,1-3H3;4-9H,3H2,1-2H3;7H,6H2,1-5H3;8H,6-7H2,1-5H3. The zero-order valence-electron chi connectivity index (χ0n) is 40.1. The lowest BCUT2D eigenvalue weighted by Crippen LogP contribution is -2.67. The molecule has 1 aromatic carbocycles. The van der Waals surface area contributed by atoms with E-state index in [4.69, 9.17) is 9.47 Å². The summed E-state index contributed by atoms with van der Waals surface area (Å²) < 4.78 is 170. The Morgan fingerprint density at radius 1 is 0.594 bits per heavy atom. The number of alkyl halides is 12. The molecule has 0 spiro atoms. The summed E-state index contributed by atoms with van der Waals surface area (Å²) in [5.74, 6) is -6.55. The lowest BCUT2D eigenvalue weighted by atomic mass is 9.65. The predicted molar refractivity (Wildman–Crippen MR) is 223 cm³/mol. The van der Waals surface area contributed by atoms with Crippen LogP contribution in [0.15, 0.2) is 30.3 Å². The second kappa shape index (κ2) is 24.3. The molecule has 1 saturated carbocycles. The molecule has 2 N–H and O–H groups in total. The summed E-state index contributed by atoms with van der Waals surface area (Å²) in [4.78, 5) is 23.5. The number of hydrogen-bond acceptors (Lipinski definition) is 6. The van der Waals surface area contributed by atoms with Crippen molar-refractivity contribution < 1.29 is 82.0 Å². The molecule has 0 aromatic heterocycles. The van der Waals surface area contributed by atoms with Crippen LogP contribution < -0.4 is 0 Å². The number of aliphatic hydroxyl groups is 2. The minimum Gasteiger partial charge on any atom is -0.463 e. The van der Waals surface area contributed by atoms with Crippen LogP contribution in [0, 0.1) is 34.0 Å². The van der Waals surface area contributed by atoms with Crippen molar-refractivity contribution in [3.63, 3.8) is 0 Å². The lowest BCUT2D eigenvalue weighted by molar-refractivity contribution is -0.405. The fraction of sp³-hybridized carbons (Fsp3) is 0.826. The van der Waals surface area contributed by atoms with E-state index in [1.54, 1.807) is 0 Å². The normalized spacial score (nSPS) is 19.1. The summed E-state index contributed by atoms with van der Waals surface area (Å²) in [7, 11) is 0. The van der Waals surface area contributed by atoms with Crippen LogP contribution in [-0.2, 0) is 19.1 Å². The lowest BCUT2D eigenvalue weighted by Gasteiger charge is -2.48. The molecular weight excluding hydrogens is 876 g/mol. The van der Waals surface area contributed by atoms with Gasteiger partial charge in [0.2, 0.25) is 0 Å². The van der Waals surface area contributed by atoms with Gasteiger partial charge in [0, 0.05) is 11.8 Å². The average molecular weight is 951 g/mol. The van der Waals surface area contributed by atoms with E-state index in [2.05, 4.69) is 78.8 Å². The number of halogens is 12. The van der Waals surface area contributed by atoms with Gasteiger partial charge in [-0.3, -0.25) is 9.59 Å². The maximum absolute atomic E-state index is 13.3. The number of carbonyl (C=O) groups is 2. The van der Waals surface area contributed by atoms with E-state index < -0.39 is 84.5 Å². The summed E-state index contributed by atoms with van der Waals surface area (Å²) in [5.41, 5.74) is -11.3. The molecule has 64 heavy (non-hydrogen) atoms. The van der Waals surface area contributed by atoms with Gasteiger partial charge in [-0.1, -0.05) is 99.1 Å². The molecule has 4 unspecified atom stereocenters. The molecule has 0 heterocycles. The fourth-order valence-corrected chi connectivity index (χ4v) is 6.47. The zero-order valence-corrected chi connectivity index (χ0v) is 40.1. The summed E-state index contributed by atoms with van der Waals surface area (Å²) >= 11 is 0. The van der Waals surface area contributed by atoms with Gasteiger partial charge in [0.1, 0.15) is 6.10 Å². The van der Waals surface area contributed by atoms with Crippen LogP contribution >= 0.6 is 0 Å². The first-order valence-electron chi connectivity index (χ1n) is 21.7. The third-order valence-electron chi connectivity index (χ3n) is 11.7. The Kier molecular flexibility index (Phi) is 24.1. The van der Waals surface area contributed by atoms with Crippen molar-refractivity contribution in [2.75, 3.05) is 0 Å². The predicted octanol–water partition coefficient (Wildman–Crippen LogP) is 14.5. The highest BCUT2D eigenvalue weighted by atomic mass is 19.4. The third-order valence-corrected chi connectivity index (χ3v) is 11.7. The Hall–Kier alpha value is -2.76. The molecule has 0 radical (unpaired) electrons. The minimum absolute atomic E-state index is 0.00618. The molecule has 1 aliphatic rings. The number of carbonyl (C=O) groups excluding carboxylic acids is 2. The molecule has 6 nitrogen and oxygen atoms in total. The fourth-order valence-electron chi connectivity index (χ4n) is 6.47. The third kappa shape index (κ3) is 18.5. The number of hydrogen-bond donors (Lipinski definition) is 2. The van der Waals surface area contributed by atoms with E-state index >= 15 is 0 Å². The van der Waals surface area contributed by atoms with Gasteiger partial charge < -0.3 is 19.7 Å². The second-order valence-electron chi connectivity index (χ2n) is 19.6. The average Bonchev–Trinajstić information content (AvgIpc) is 3.15. The maximum Gasteiger partial charge on any atom is 0.426 e. The van der Waals surface area contributed by atoms with Gasteiger partial charge in [0.25, 0.3) is 11.2 Å². The van der Waals surface area contributed by atoms with Gasteiger partial charge in [0.15, 0.2) is 0 Å². The Bertz CT molecular complexity index is 1440. The Morgan fingerprint density at radius 3 is 1.22 bits per heavy atom. The highest BCUT2D eigenvalue weighted by Crippen LogP contribution is 2.58. The highest BCUT2D eigenvalue weighted by molar-refractivity contribution is 5.76. The van der Waals surface area contributed by atoms with Crippen LogP contribution in [0.2, 0.25) is 0 Å². The summed E-state index contributed by atoms with van der Waals surface area (Å²) in [6.45, 7) is 29.3. The van der Waals surface area contributed by atoms with Crippen molar-refractivity contribution in [1.29, 1.82) is 0 Å². The van der Waals surface area contributed by atoms with E-state index in [0.717, 1.165) is 12.3 Å². The van der Waals surface area contributed by atoms with Gasteiger partial charge >= 0.3 is 36.6 Å². The summed E-state index contributed by atoms with van der Waals surface area (Å²) in [6, 6.07) is 10.6. The summed E-state index contributed by atoms with van der Waals surface area (Å²) in [5, 5.41) is 19.2. The van der Waals surface area contributed by atoms with Crippen molar-refractivity contribution >= 4 is 11.9 Å². The molecule has 1 fully saturated rings. The van der Waals surface area contributed by atoms with Crippen molar-refractivity contribution in [3.05, 3.63) is 35.9 Å². The van der Waals surface area contributed by atoms with Crippen LogP contribution in [-0.4, -0.2) is 70.3 Å². The van der Waals surface area contributed by atoms with Crippen LogP contribution in [0.5, 0.6) is 0 Å². The van der Waals surface area contributed by atoms with Gasteiger partial charge in [-0.05, 0) is 109 Å². The maximum atomic E-state index is 13.3. The number of benzene rings is 1. The van der Waals surface area contributed by atoms with Crippen molar-refractivity contribution in [3.8, 4) is 0 Å². The van der Waals surface area contributed by atoms with E-state index in [-0.39, 0.29) is 23.9 Å². The Morgan fingerprint density at radius 2 is 0.953 bits per heavy atom. The van der Waals surface area contributed by atoms with Gasteiger partial charge in [0.05, 0.1) is 16.9 Å². The van der Waals surface area contributed by atoms with Crippen molar-refractivity contribution in [2.45, 2.75) is 209 Å². The van der Waals surface area contributed by atoms with Crippen molar-refractivity contribution in [2.24, 2.45) is 34.0 Å². The number of rotatable bonds is 12. The van der Waals surface area contributed by atoms with Crippen LogP contribution in [0.1, 0.15) is 167 Å². The molecule has 0 amide bonds. The largest absolute Gasteiger partial charge is 0.463 e. The molecule has 1 aromatic rings. The Labute approximate surface area is 372 Å². The second-order valence-corrected chi connectivity index (χ2v) is 19.6. The first-order valence-corrected chi connectivity index (χ1v) is 21.7. The molecule has 2 rings (SSSR count). The number of ether oxygens (including phenoxy) is 2. The molecular formula is C46H74F12O6. The quantitative estimate of drug-likeness (QED) is 0.160. The van der Waals surface area contributed by atoms with Crippen LogP contribution in [0.4, 0.5) is 52.7 Å². The topological polar surface area (TPSA) is 93.1 Å². The highest BCUT2D eigenvalue weighted by Gasteiger charge is 2.78. The molecule has 0 bridgehead atoms. The van der Waals surface area contributed by atoms with Gasteiger partial charge in [-0.2, -0.15) is 52.7 Å². The molecule has 0 aliphatic heterocycles. The number of esters is 2. The zero-order chi connectivity index (χ0) is 51.3. The smallest absolute Gasteiger partial charge is 0.426 e. The Balaban J connectivity index is 0. The molecule has 0 saturated heterocycles. The molecule has 378 valence electrons. The SMILES string of the molecule is CCC(C)(C)C(=O)OC(C)C.CCC(C)(C)C(=O)OC1CC(C(O)(C(F)(F)F)C(F)(F)F)CC(C(O)(C(F)(F)F)C(F)(F)F)C1.CCC(C)CC(C)(C)C.CCC(C)c1ccccc1. The van der Waals surface area contributed by atoms with E-state index in [9.17, 15) is 72.5 Å². The van der Waals surface area contributed by atoms with E-state index in [1.807, 2.05) is 34.6 Å². The summed E-state index contributed by atoms with van der Waals surface area (Å²) in [6.07, 6.45) is -29.3. The first kappa shape index (κ1) is 63.3. The van der Waals surface area contributed by atoms with Crippen LogP contribution in [0.3, 0.4) is 0 Å². The van der Waals surface area contributed by atoms with E-state index in [1.165, 1.54) is 45.6 Å². The van der Waals surface area contributed by atoms with Gasteiger partial charge in [-0.25, -0.2) is 0 Å². The monoisotopic (exact) mass is 951 g/mol. The molecule has 1 aliphatic carbocycles. The van der Waals surface area contributed by atoms with Crippen LogP contribution in [0.25, 0.3) is 0 Å². The first-order chi connectivity index (χ1) is 28.5. The molecule has 18 heteroatoms. The van der Waals surface area contributed by atoms with Gasteiger partial charge in [-0.15, -0.1) is 0 Å². The minimum atomic E-state index is -6.58. The molecule has 4 atom stereocenters.